The molecule has 0 saturated carbocycles. The average Bonchev–Trinajstić information content (AvgIpc) is 2.59. The Balaban J connectivity index is 2.71. The number of aromatic nitrogens is 2. The molecule has 2 heterocycles. The van der Waals surface area contributed by atoms with Gasteiger partial charge in [-0.15, -0.1) is 0 Å². The number of pyridine rings is 1. The largest absolute Gasteiger partial charge is 0.306 e. The Labute approximate surface area is 76.0 Å². The molecule has 0 bridgehead atoms. The van der Waals surface area contributed by atoms with E-state index in [4.69, 9.17) is 0 Å². The summed E-state index contributed by atoms with van der Waals surface area (Å²) >= 11 is 0. The van der Waals surface area contributed by atoms with Crippen molar-refractivity contribution in [3.63, 3.8) is 0 Å². The van der Waals surface area contributed by atoms with Crippen LogP contribution < -0.4 is 0 Å². The lowest BCUT2D eigenvalue weighted by Crippen LogP contribution is -1.87. The van der Waals surface area contributed by atoms with Crippen molar-refractivity contribution < 1.29 is 4.79 Å². The van der Waals surface area contributed by atoms with Gasteiger partial charge in [-0.05, 0) is 24.1 Å². The van der Waals surface area contributed by atoms with E-state index in [2.05, 4.69) is 11.9 Å². The Bertz CT molecular complexity index is 445. The third kappa shape index (κ3) is 1.22. The van der Waals surface area contributed by atoms with E-state index in [-0.39, 0.29) is 0 Å². The second kappa shape index (κ2) is 3.01. The summed E-state index contributed by atoms with van der Waals surface area (Å²) in [6.45, 7) is 2.09. The SMILES string of the molecule is CCc1ccn2cnc(C=O)c2c1. The van der Waals surface area contributed by atoms with Crippen LogP contribution in [0.25, 0.3) is 5.52 Å². The lowest BCUT2D eigenvalue weighted by atomic mass is 10.2. The Morgan fingerprint density at radius 3 is 3.15 bits per heavy atom. The van der Waals surface area contributed by atoms with E-state index in [1.165, 1.54) is 5.56 Å². The monoisotopic (exact) mass is 174 g/mol. The molecule has 13 heavy (non-hydrogen) atoms. The average molecular weight is 174 g/mol. The molecule has 0 atom stereocenters. The molecule has 0 aliphatic carbocycles. The lowest BCUT2D eigenvalue weighted by molar-refractivity contribution is 0.112. The number of imidazole rings is 1. The standard InChI is InChI=1S/C10H10N2O/c1-2-8-3-4-12-7-11-9(6-13)10(12)5-8/h3-7H,2H2,1H3. The van der Waals surface area contributed by atoms with E-state index in [0.717, 1.165) is 18.2 Å². The van der Waals surface area contributed by atoms with Crippen molar-refractivity contribution in [1.82, 2.24) is 9.38 Å². The van der Waals surface area contributed by atoms with E-state index in [9.17, 15) is 4.79 Å². The van der Waals surface area contributed by atoms with E-state index in [1.807, 2.05) is 22.7 Å². The van der Waals surface area contributed by atoms with Gasteiger partial charge in [-0.1, -0.05) is 6.92 Å². The molecule has 0 N–H and O–H groups in total. The molecule has 3 heteroatoms. The first kappa shape index (κ1) is 7.98. The molecular weight excluding hydrogens is 164 g/mol. The maximum absolute atomic E-state index is 10.6. The number of nitrogens with zero attached hydrogens (tertiary/aromatic N) is 2. The fourth-order valence-electron chi connectivity index (χ4n) is 1.36. The predicted molar refractivity (Wildman–Crippen MR) is 50.0 cm³/mol. The quantitative estimate of drug-likeness (QED) is 0.649. The van der Waals surface area contributed by atoms with Gasteiger partial charge in [0.15, 0.2) is 6.29 Å². The molecule has 0 radical (unpaired) electrons. The predicted octanol–water partition coefficient (Wildman–Crippen LogP) is 1.71. The highest BCUT2D eigenvalue weighted by Crippen LogP contribution is 2.10. The van der Waals surface area contributed by atoms with Crippen molar-refractivity contribution in [1.29, 1.82) is 0 Å². The molecule has 2 aromatic heterocycles. The minimum atomic E-state index is 0.510. The lowest BCUT2D eigenvalue weighted by Gasteiger charge is -1.97. The summed E-state index contributed by atoms with van der Waals surface area (Å²) < 4.78 is 1.85. The third-order valence-corrected chi connectivity index (χ3v) is 2.15. The van der Waals surface area contributed by atoms with Gasteiger partial charge in [-0.3, -0.25) is 4.79 Å². The first-order valence-electron chi connectivity index (χ1n) is 4.26. The summed E-state index contributed by atoms with van der Waals surface area (Å²) in [5.74, 6) is 0. The van der Waals surface area contributed by atoms with Crippen LogP contribution in [0.5, 0.6) is 0 Å². The van der Waals surface area contributed by atoms with Gasteiger partial charge in [0, 0.05) is 6.20 Å². The van der Waals surface area contributed by atoms with Gasteiger partial charge in [0.2, 0.25) is 0 Å². The molecule has 2 rings (SSSR count). The van der Waals surface area contributed by atoms with E-state index < -0.39 is 0 Å². The van der Waals surface area contributed by atoms with E-state index >= 15 is 0 Å². The van der Waals surface area contributed by atoms with Crippen molar-refractivity contribution >= 4 is 11.8 Å². The van der Waals surface area contributed by atoms with Crippen molar-refractivity contribution in [3.8, 4) is 0 Å². The van der Waals surface area contributed by atoms with Crippen LogP contribution in [-0.4, -0.2) is 15.7 Å². The molecular formula is C10H10N2O. The summed E-state index contributed by atoms with van der Waals surface area (Å²) in [4.78, 5) is 14.6. The molecule has 0 unspecified atom stereocenters. The smallest absolute Gasteiger partial charge is 0.170 e. The summed E-state index contributed by atoms with van der Waals surface area (Å²) in [5.41, 5.74) is 2.61. The zero-order valence-corrected chi connectivity index (χ0v) is 7.40. The number of fused-ring (bicyclic) bond motifs is 1. The molecule has 3 nitrogen and oxygen atoms in total. The van der Waals surface area contributed by atoms with Gasteiger partial charge in [0.1, 0.15) is 12.0 Å². The number of hydrogen-bond acceptors (Lipinski definition) is 2. The van der Waals surface area contributed by atoms with Gasteiger partial charge in [0.05, 0.1) is 5.52 Å². The van der Waals surface area contributed by atoms with Crippen molar-refractivity contribution in [2.75, 3.05) is 0 Å². The Hall–Kier alpha value is -1.64. The Kier molecular flexibility index (Phi) is 1.85. The number of rotatable bonds is 2. The van der Waals surface area contributed by atoms with Crippen LogP contribution in [0.4, 0.5) is 0 Å². The van der Waals surface area contributed by atoms with Gasteiger partial charge >= 0.3 is 0 Å². The second-order valence-corrected chi connectivity index (χ2v) is 2.93. The van der Waals surface area contributed by atoms with Crippen molar-refractivity contribution in [2.24, 2.45) is 0 Å². The normalized spacial score (nSPS) is 10.5. The minimum Gasteiger partial charge on any atom is -0.306 e. The van der Waals surface area contributed by atoms with Crippen LogP contribution in [0.1, 0.15) is 23.0 Å². The third-order valence-electron chi connectivity index (χ3n) is 2.15. The van der Waals surface area contributed by atoms with Crippen LogP contribution in [0.3, 0.4) is 0 Å². The molecule has 0 aliphatic heterocycles. The summed E-state index contributed by atoms with van der Waals surface area (Å²) in [5, 5.41) is 0. The number of carbonyl (C=O) groups is 1. The Morgan fingerprint density at radius 2 is 2.46 bits per heavy atom. The summed E-state index contributed by atoms with van der Waals surface area (Å²) in [6, 6.07) is 4.03. The number of carbonyl (C=O) groups excluding carboxylic acids is 1. The molecule has 0 saturated heterocycles. The molecule has 0 aliphatic rings. The highest BCUT2D eigenvalue weighted by molar-refractivity contribution is 5.83. The molecule has 2 aromatic rings. The van der Waals surface area contributed by atoms with Gasteiger partial charge < -0.3 is 4.40 Å². The topological polar surface area (TPSA) is 34.4 Å². The summed E-state index contributed by atoms with van der Waals surface area (Å²) in [6.07, 6.45) is 5.33. The van der Waals surface area contributed by atoms with Gasteiger partial charge in [-0.2, -0.15) is 0 Å². The van der Waals surface area contributed by atoms with E-state index in [0.29, 0.717) is 5.69 Å². The minimum absolute atomic E-state index is 0.510. The zero-order valence-electron chi connectivity index (χ0n) is 7.40. The molecule has 66 valence electrons. The zero-order chi connectivity index (χ0) is 9.26. The number of hydrogen-bond donors (Lipinski definition) is 0. The maximum atomic E-state index is 10.6. The second-order valence-electron chi connectivity index (χ2n) is 2.93. The van der Waals surface area contributed by atoms with Gasteiger partial charge in [0.25, 0.3) is 0 Å². The highest BCUT2D eigenvalue weighted by atomic mass is 16.1. The van der Waals surface area contributed by atoms with Crippen LogP contribution in [0.15, 0.2) is 24.7 Å². The van der Waals surface area contributed by atoms with Crippen LogP contribution in [-0.2, 0) is 6.42 Å². The first-order chi connectivity index (χ1) is 6.35. The van der Waals surface area contributed by atoms with Crippen LogP contribution >= 0.6 is 0 Å². The summed E-state index contributed by atoms with van der Waals surface area (Å²) in [7, 11) is 0. The molecule has 0 spiro atoms. The van der Waals surface area contributed by atoms with Crippen molar-refractivity contribution in [2.45, 2.75) is 13.3 Å². The number of aldehydes is 1. The molecule has 0 fully saturated rings. The van der Waals surface area contributed by atoms with Gasteiger partial charge in [-0.25, -0.2) is 4.98 Å². The van der Waals surface area contributed by atoms with Crippen LogP contribution in [0.2, 0.25) is 0 Å². The first-order valence-corrected chi connectivity index (χ1v) is 4.26. The molecule has 0 aromatic carbocycles. The van der Waals surface area contributed by atoms with Crippen molar-refractivity contribution in [3.05, 3.63) is 35.9 Å². The Morgan fingerprint density at radius 1 is 1.62 bits per heavy atom. The fourth-order valence-corrected chi connectivity index (χ4v) is 1.36. The molecule has 0 amide bonds. The maximum Gasteiger partial charge on any atom is 0.170 e. The fraction of sp³-hybridized carbons (Fsp3) is 0.200. The van der Waals surface area contributed by atoms with Crippen LogP contribution in [0, 0.1) is 0 Å². The number of aryl methyl sites for hydroxylation is 1. The highest BCUT2D eigenvalue weighted by Gasteiger charge is 2.02. The van der Waals surface area contributed by atoms with E-state index in [1.54, 1.807) is 6.33 Å².